The van der Waals surface area contributed by atoms with Crippen LogP contribution in [0.3, 0.4) is 0 Å². The first kappa shape index (κ1) is 15.5. The molecule has 112 valence electrons. The highest BCUT2D eigenvalue weighted by Gasteiger charge is 2.30. The summed E-state index contributed by atoms with van der Waals surface area (Å²) < 4.78 is 0. The molecule has 0 fully saturated rings. The van der Waals surface area contributed by atoms with Crippen molar-refractivity contribution in [3.8, 4) is 6.07 Å². The van der Waals surface area contributed by atoms with Crippen molar-refractivity contribution >= 4 is 5.97 Å². The van der Waals surface area contributed by atoms with Crippen molar-refractivity contribution in [2.75, 3.05) is 13.1 Å². The summed E-state index contributed by atoms with van der Waals surface area (Å²) in [5.41, 5.74) is 1.74. The van der Waals surface area contributed by atoms with Crippen LogP contribution in [-0.4, -0.2) is 29.1 Å². The van der Waals surface area contributed by atoms with Crippen LogP contribution in [0.2, 0.25) is 0 Å². The van der Waals surface area contributed by atoms with Crippen molar-refractivity contribution in [2.24, 2.45) is 5.41 Å². The topological polar surface area (TPSA) is 64.3 Å². The molecule has 21 heavy (non-hydrogen) atoms. The van der Waals surface area contributed by atoms with Gasteiger partial charge in [-0.3, -0.25) is 9.69 Å². The highest BCUT2D eigenvalue weighted by Crippen LogP contribution is 2.29. The van der Waals surface area contributed by atoms with Gasteiger partial charge in [-0.05, 0) is 44.4 Å². The third-order valence-electron chi connectivity index (χ3n) is 4.14. The first-order valence-corrected chi connectivity index (χ1v) is 7.37. The molecule has 1 heterocycles. The minimum absolute atomic E-state index is 0.306. The van der Waals surface area contributed by atoms with E-state index in [4.69, 9.17) is 5.26 Å². The Morgan fingerprint density at radius 1 is 1.48 bits per heavy atom. The molecular weight excluding hydrogens is 264 g/mol. The van der Waals surface area contributed by atoms with Crippen LogP contribution in [0, 0.1) is 16.7 Å². The molecule has 4 nitrogen and oxygen atoms in total. The Kier molecular flexibility index (Phi) is 4.64. The standard InChI is InChI=1S/C17H22N2O2/c1-17(2,12-18)8-5-9-19-10-13-6-3-4-7-14(13)15(11-19)16(20)21/h3-4,6-7,15H,5,8-11H2,1-2H3,(H,20,21). The summed E-state index contributed by atoms with van der Waals surface area (Å²) in [7, 11) is 0. The van der Waals surface area contributed by atoms with Crippen molar-refractivity contribution in [3.63, 3.8) is 0 Å². The van der Waals surface area contributed by atoms with Crippen molar-refractivity contribution in [2.45, 2.75) is 39.2 Å². The molecule has 1 unspecified atom stereocenters. The van der Waals surface area contributed by atoms with Crippen molar-refractivity contribution in [3.05, 3.63) is 35.4 Å². The van der Waals surface area contributed by atoms with Crippen LogP contribution in [-0.2, 0) is 11.3 Å². The fourth-order valence-corrected chi connectivity index (χ4v) is 2.86. The summed E-state index contributed by atoms with van der Waals surface area (Å²) in [6, 6.07) is 10.1. The lowest BCUT2D eigenvalue weighted by Gasteiger charge is -2.33. The van der Waals surface area contributed by atoms with E-state index in [9.17, 15) is 9.90 Å². The third-order valence-corrected chi connectivity index (χ3v) is 4.14. The molecule has 1 aliphatic rings. The van der Waals surface area contributed by atoms with Gasteiger partial charge >= 0.3 is 5.97 Å². The third kappa shape index (κ3) is 3.83. The predicted octanol–water partition coefficient (Wildman–Crippen LogP) is 3.00. The quantitative estimate of drug-likeness (QED) is 0.903. The molecule has 0 saturated carbocycles. The highest BCUT2D eigenvalue weighted by molar-refractivity contribution is 5.77. The van der Waals surface area contributed by atoms with Gasteiger partial charge in [-0.15, -0.1) is 0 Å². The number of carboxylic acids is 1. The summed E-state index contributed by atoms with van der Waals surface area (Å²) in [4.78, 5) is 13.7. The number of carboxylic acid groups (broad SMARTS) is 1. The van der Waals surface area contributed by atoms with E-state index in [-0.39, 0.29) is 5.41 Å². The van der Waals surface area contributed by atoms with Crippen molar-refractivity contribution in [1.29, 1.82) is 5.26 Å². The first-order chi connectivity index (χ1) is 9.93. The van der Waals surface area contributed by atoms with Crippen LogP contribution in [0.25, 0.3) is 0 Å². The van der Waals surface area contributed by atoms with Crippen LogP contribution in [0.15, 0.2) is 24.3 Å². The van der Waals surface area contributed by atoms with Crippen LogP contribution in [0.5, 0.6) is 0 Å². The number of rotatable bonds is 5. The van der Waals surface area contributed by atoms with Gasteiger partial charge in [0.25, 0.3) is 0 Å². The van der Waals surface area contributed by atoms with Gasteiger partial charge in [-0.2, -0.15) is 5.26 Å². The lowest BCUT2D eigenvalue weighted by atomic mass is 9.88. The highest BCUT2D eigenvalue weighted by atomic mass is 16.4. The van der Waals surface area contributed by atoms with Gasteiger partial charge < -0.3 is 5.11 Å². The maximum Gasteiger partial charge on any atom is 0.312 e. The second kappa shape index (κ2) is 6.28. The monoisotopic (exact) mass is 286 g/mol. The Labute approximate surface area is 126 Å². The summed E-state index contributed by atoms with van der Waals surface area (Å²) in [6.07, 6.45) is 1.74. The van der Waals surface area contributed by atoms with Crippen molar-refractivity contribution in [1.82, 2.24) is 4.90 Å². The second-order valence-corrected chi connectivity index (χ2v) is 6.42. The molecule has 0 aliphatic carbocycles. The van der Waals surface area contributed by atoms with Gasteiger partial charge in [-0.1, -0.05) is 24.3 Å². The minimum Gasteiger partial charge on any atom is -0.481 e. The average Bonchev–Trinajstić information content (AvgIpc) is 2.46. The van der Waals surface area contributed by atoms with Gasteiger partial charge in [0.2, 0.25) is 0 Å². The summed E-state index contributed by atoms with van der Waals surface area (Å²) in [5.74, 6) is -1.21. The molecule has 0 aromatic heterocycles. The first-order valence-electron chi connectivity index (χ1n) is 7.37. The lowest BCUT2D eigenvalue weighted by Crippen LogP contribution is -2.37. The van der Waals surface area contributed by atoms with Crippen molar-refractivity contribution < 1.29 is 9.90 Å². The van der Waals surface area contributed by atoms with Gasteiger partial charge in [0.1, 0.15) is 0 Å². The van der Waals surface area contributed by atoms with Gasteiger partial charge in [0.15, 0.2) is 0 Å². The van der Waals surface area contributed by atoms with E-state index >= 15 is 0 Å². The zero-order chi connectivity index (χ0) is 15.5. The maximum absolute atomic E-state index is 11.5. The molecule has 1 aromatic rings. The molecule has 0 radical (unpaired) electrons. The molecule has 1 atom stereocenters. The zero-order valence-corrected chi connectivity index (χ0v) is 12.7. The van der Waals surface area contributed by atoms with E-state index in [1.807, 2.05) is 38.1 Å². The van der Waals surface area contributed by atoms with E-state index < -0.39 is 11.9 Å². The number of nitrogens with zero attached hydrogens (tertiary/aromatic N) is 2. The molecular formula is C17H22N2O2. The number of hydrogen-bond donors (Lipinski definition) is 1. The SMILES string of the molecule is CC(C)(C#N)CCCN1Cc2ccccc2C(C(=O)O)C1. The van der Waals surface area contributed by atoms with Gasteiger partial charge in [-0.25, -0.2) is 0 Å². The largest absolute Gasteiger partial charge is 0.481 e. The average molecular weight is 286 g/mol. The summed E-state index contributed by atoms with van der Waals surface area (Å²) >= 11 is 0. The molecule has 2 rings (SSSR count). The van der Waals surface area contributed by atoms with Crippen LogP contribution < -0.4 is 0 Å². The van der Waals surface area contributed by atoms with E-state index in [0.717, 1.165) is 37.1 Å². The number of hydrogen-bond acceptors (Lipinski definition) is 3. The Balaban J connectivity index is 2.02. The predicted molar refractivity (Wildman–Crippen MR) is 80.7 cm³/mol. The van der Waals surface area contributed by atoms with Gasteiger partial charge in [0.05, 0.1) is 17.4 Å². The number of benzene rings is 1. The van der Waals surface area contributed by atoms with Crippen LogP contribution >= 0.6 is 0 Å². The number of fused-ring (bicyclic) bond motifs is 1. The zero-order valence-electron chi connectivity index (χ0n) is 12.7. The number of aliphatic carboxylic acids is 1. The Bertz CT molecular complexity index is 560. The van der Waals surface area contributed by atoms with E-state index in [1.54, 1.807) is 0 Å². The summed E-state index contributed by atoms with van der Waals surface area (Å²) in [6.45, 7) is 6.08. The smallest absolute Gasteiger partial charge is 0.312 e. The molecule has 4 heteroatoms. The second-order valence-electron chi connectivity index (χ2n) is 6.42. The Morgan fingerprint density at radius 3 is 2.86 bits per heavy atom. The number of nitriles is 1. The summed E-state index contributed by atoms with van der Waals surface area (Å²) in [5, 5.41) is 18.5. The van der Waals surface area contributed by atoms with Crippen LogP contribution in [0.4, 0.5) is 0 Å². The van der Waals surface area contributed by atoms with E-state index in [2.05, 4.69) is 11.0 Å². The fourth-order valence-electron chi connectivity index (χ4n) is 2.86. The van der Waals surface area contributed by atoms with E-state index in [1.165, 1.54) is 0 Å². The Hall–Kier alpha value is -1.86. The lowest BCUT2D eigenvalue weighted by molar-refractivity contribution is -0.139. The normalized spacial score (nSPS) is 18.8. The fraction of sp³-hybridized carbons (Fsp3) is 0.529. The van der Waals surface area contributed by atoms with Gasteiger partial charge in [0, 0.05) is 13.1 Å². The molecule has 1 aliphatic heterocycles. The molecule has 1 aromatic carbocycles. The Morgan fingerprint density at radius 2 is 2.19 bits per heavy atom. The molecule has 1 N–H and O–H groups in total. The minimum atomic E-state index is -0.760. The molecule has 0 spiro atoms. The molecule has 0 bridgehead atoms. The molecule has 0 saturated heterocycles. The number of carbonyl (C=O) groups is 1. The maximum atomic E-state index is 11.5. The van der Waals surface area contributed by atoms with E-state index in [0.29, 0.717) is 6.54 Å². The van der Waals surface area contributed by atoms with Crippen LogP contribution in [0.1, 0.15) is 43.7 Å². The molecule has 0 amide bonds.